The summed E-state index contributed by atoms with van der Waals surface area (Å²) in [6.07, 6.45) is 5.63. The van der Waals surface area contributed by atoms with Crippen molar-refractivity contribution in [3.05, 3.63) is 71.5 Å². The summed E-state index contributed by atoms with van der Waals surface area (Å²) >= 11 is 0. The van der Waals surface area contributed by atoms with Gasteiger partial charge in [-0.3, -0.25) is 0 Å². The molecule has 1 aliphatic rings. The van der Waals surface area contributed by atoms with E-state index in [4.69, 9.17) is 4.74 Å². The van der Waals surface area contributed by atoms with E-state index in [1.807, 2.05) is 36.7 Å². The van der Waals surface area contributed by atoms with Crippen molar-refractivity contribution in [2.45, 2.75) is 19.8 Å². The highest BCUT2D eigenvalue weighted by atomic mass is 16.5. The third kappa shape index (κ3) is 2.25. The van der Waals surface area contributed by atoms with Crippen LogP contribution in [0.25, 0.3) is 11.4 Å². The lowest BCUT2D eigenvalue weighted by molar-refractivity contribution is 0.460. The normalized spacial score (nSPS) is 12.2. The topological polar surface area (TPSA) is 35.0 Å². The van der Waals surface area contributed by atoms with Gasteiger partial charge in [0.1, 0.15) is 11.5 Å². The second-order valence-corrected chi connectivity index (χ2v) is 5.48. The molecule has 108 valence electrons. The van der Waals surface area contributed by atoms with Gasteiger partial charge in [0.05, 0.1) is 0 Å². The minimum absolute atomic E-state index is 0.738. The molecule has 3 nitrogen and oxygen atoms in total. The summed E-state index contributed by atoms with van der Waals surface area (Å²) in [5.74, 6) is 2.58. The van der Waals surface area contributed by atoms with Crippen molar-refractivity contribution >= 4 is 0 Å². The molecule has 2 aromatic carbocycles. The maximum Gasteiger partial charge on any atom is 0.159 e. The van der Waals surface area contributed by atoms with E-state index in [0.29, 0.717) is 0 Å². The van der Waals surface area contributed by atoms with E-state index in [-0.39, 0.29) is 0 Å². The molecule has 0 unspecified atom stereocenters. The molecule has 0 N–H and O–H groups in total. The predicted molar refractivity (Wildman–Crippen MR) is 86.2 cm³/mol. The van der Waals surface area contributed by atoms with Crippen LogP contribution >= 0.6 is 0 Å². The maximum atomic E-state index is 6.03. The number of hydrogen-bond acceptors (Lipinski definition) is 3. The van der Waals surface area contributed by atoms with Crippen molar-refractivity contribution in [2.75, 3.05) is 0 Å². The van der Waals surface area contributed by atoms with Crippen molar-refractivity contribution in [3.63, 3.8) is 0 Å². The molecule has 4 rings (SSSR count). The smallest absolute Gasteiger partial charge is 0.159 e. The van der Waals surface area contributed by atoms with Crippen molar-refractivity contribution in [2.24, 2.45) is 0 Å². The lowest BCUT2D eigenvalue weighted by Crippen LogP contribution is -2.03. The molecule has 0 spiro atoms. The Kier molecular flexibility index (Phi) is 3.11. The molecule has 0 aliphatic carbocycles. The van der Waals surface area contributed by atoms with Crippen LogP contribution in [0.3, 0.4) is 0 Å². The molecule has 0 fully saturated rings. The summed E-state index contributed by atoms with van der Waals surface area (Å²) < 4.78 is 6.03. The minimum atomic E-state index is 0.738. The number of aromatic nitrogens is 2. The lowest BCUT2D eigenvalue weighted by Gasteiger charge is -2.20. The number of aryl methyl sites for hydroxylation is 1. The van der Waals surface area contributed by atoms with E-state index >= 15 is 0 Å². The standard InChI is InChI=1S/C19H16N2O/c1-2-13-11-20-19(21-12-13)16-8-7-15-9-14-5-3-4-6-17(14)22-18(15)10-16/h3-8,10-12H,2,9H2,1H3. The fraction of sp³-hybridized carbons (Fsp3) is 0.158. The molecule has 0 bridgehead atoms. The molecule has 0 amide bonds. The molecule has 0 radical (unpaired) electrons. The summed E-state index contributed by atoms with van der Waals surface area (Å²) in [6, 6.07) is 14.4. The first-order chi connectivity index (χ1) is 10.8. The molecule has 0 saturated heterocycles. The quantitative estimate of drug-likeness (QED) is 0.548. The average Bonchev–Trinajstić information content (AvgIpc) is 2.59. The van der Waals surface area contributed by atoms with Crippen molar-refractivity contribution in [3.8, 4) is 22.9 Å². The van der Waals surface area contributed by atoms with Gasteiger partial charge >= 0.3 is 0 Å². The third-order valence-corrected chi connectivity index (χ3v) is 4.01. The fourth-order valence-corrected chi connectivity index (χ4v) is 2.69. The summed E-state index contributed by atoms with van der Waals surface area (Å²) in [6.45, 7) is 2.10. The van der Waals surface area contributed by atoms with Crippen molar-refractivity contribution < 1.29 is 4.74 Å². The van der Waals surface area contributed by atoms with Gasteiger partial charge in [0.15, 0.2) is 5.82 Å². The van der Waals surface area contributed by atoms with Gasteiger partial charge in [0, 0.05) is 24.4 Å². The Morgan fingerprint density at radius 3 is 2.55 bits per heavy atom. The van der Waals surface area contributed by atoms with Gasteiger partial charge in [-0.2, -0.15) is 0 Å². The molecule has 1 aliphatic heterocycles. The molecular weight excluding hydrogens is 272 g/mol. The maximum absolute atomic E-state index is 6.03. The zero-order valence-electron chi connectivity index (χ0n) is 12.4. The van der Waals surface area contributed by atoms with E-state index in [2.05, 4.69) is 35.1 Å². The molecule has 3 aromatic rings. The Bertz CT molecular complexity index is 825. The highest BCUT2D eigenvalue weighted by molar-refractivity contribution is 5.62. The van der Waals surface area contributed by atoms with Gasteiger partial charge in [0.25, 0.3) is 0 Å². The van der Waals surface area contributed by atoms with Crippen LogP contribution in [0.5, 0.6) is 11.5 Å². The van der Waals surface area contributed by atoms with Gasteiger partial charge in [-0.15, -0.1) is 0 Å². The largest absolute Gasteiger partial charge is 0.457 e. The van der Waals surface area contributed by atoms with Crippen LogP contribution in [0.2, 0.25) is 0 Å². The van der Waals surface area contributed by atoms with Gasteiger partial charge in [-0.25, -0.2) is 9.97 Å². The number of hydrogen-bond donors (Lipinski definition) is 0. The number of rotatable bonds is 2. The summed E-state index contributed by atoms with van der Waals surface area (Å²) in [5.41, 5.74) is 4.56. The number of ether oxygens (including phenoxy) is 1. The molecular formula is C19H16N2O. The van der Waals surface area contributed by atoms with Gasteiger partial charge in [0.2, 0.25) is 0 Å². The Morgan fingerprint density at radius 1 is 0.955 bits per heavy atom. The first-order valence-electron chi connectivity index (χ1n) is 7.53. The van der Waals surface area contributed by atoms with E-state index in [1.165, 1.54) is 11.1 Å². The van der Waals surface area contributed by atoms with Crippen LogP contribution in [-0.4, -0.2) is 9.97 Å². The molecule has 0 saturated carbocycles. The zero-order valence-corrected chi connectivity index (χ0v) is 12.4. The van der Waals surface area contributed by atoms with Crippen LogP contribution in [0.15, 0.2) is 54.9 Å². The second-order valence-electron chi connectivity index (χ2n) is 5.48. The summed E-state index contributed by atoms with van der Waals surface area (Å²) in [5, 5.41) is 0. The van der Waals surface area contributed by atoms with Crippen molar-refractivity contribution in [1.29, 1.82) is 0 Å². The van der Waals surface area contributed by atoms with Crippen LogP contribution < -0.4 is 4.74 Å². The Hall–Kier alpha value is -2.68. The first-order valence-corrected chi connectivity index (χ1v) is 7.53. The molecule has 2 heterocycles. The SMILES string of the molecule is CCc1cnc(-c2ccc3c(c2)Oc2ccccc2C3)nc1. The lowest BCUT2D eigenvalue weighted by atomic mass is 9.99. The second kappa shape index (κ2) is 5.26. The number of benzene rings is 2. The Labute approximate surface area is 129 Å². The Balaban J connectivity index is 1.70. The van der Waals surface area contributed by atoms with Crippen LogP contribution in [0, 0.1) is 0 Å². The van der Waals surface area contributed by atoms with Crippen LogP contribution in [0.1, 0.15) is 23.6 Å². The Morgan fingerprint density at radius 2 is 1.73 bits per heavy atom. The average molecular weight is 288 g/mol. The third-order valence-electron chi connectivity index (χ3n) is 4.01. The van der Waals surface area contributed by atoms with Gasteiger partial charge in [-0.05, 0) is 35.2 Å². The zero-order chi connectivity index (χ0) is 14.9. The fourth-order valence-electron chi connectivity index (χ4n) is 2.69. The van der Waals surface area contributed by atoms with Gasteiger partial charge in [-0.1, -0.05) is 37.3 Å². The first kappa shape index (κ1) is 13.0. The highest BCUT2D eigenvalue weighted by Gasteiger charge is 2.17. The summed E-state index contributed by atoms with van der Waals surface area (Å²) in [4.78, 5) is 8.89. The summed E-state index contributed by atoms with van der Waals surface area (Å²) in [7, 11) is 0. The van der Waals surface area contributed by atoms with Crippen LogP contribution in [-0.2, 0) is 12.8 Å². The van der Waals surface area contributed by atoms with Gasteiger partial charge < -0.3 is 4.74 Å². The molecule has 22 heavy (non-hydrogen) atoms. The monoisotopic (exact) mass is 288 g/mol. The van der Waals surface area contributed by atoms with Crippen LogP contribution in [0.4, 0.5) is 0 Å². The van der Waals surface area contributed by atoms with E-state index < -0.39 is 0 Å². The van der Waals surface area contributed by atoms with E-state index in [0.717, 1.165) is 41.3 Å². The number of fused-ring (bicyclic) bond motifs is 2. The predicted octanol–water partition coefficient (Wildman–Crippen LogP) is 4.40. The molecule has 0 atom stereocenters. The molecule has 3 heteroatoms. The van der Waals surface area contributed by atoms with E-state index in [9.17, 15) is 0 Å². The van der Waals surface area contributed by atoms with Crippen molar-refractivity contribution in [1.82, 2.24) is 9.97 Å². The van der Waals surface area contributed by atoms with E-state index in [1.54, 1.807) is 0 Å². The highest BCUT2D eigenvalue weighted by Crippen LogP contribution is 2.37. The number of nitrogens with zero attached hydrogens (tertiary/aromatic N) is 2. The molecule has 1 aromatic heterocycles. The number of para-hydroxylation sites is 1. The minimum Gasteiger partial charge on any atom is -0.457 e.